The summed E-state index contributed by atoms with van der Waals surface area (Å²) in [5.74, 6) is -0.445. The third kappa shape index (κ3) is 2.40. The molecule has 0 saturated carbocycles. The van der Waals surface area contributed by atoms with E-state index in [1.165, 1.54) is 11.3 Å². The van der Waals surface area contributed by atoms with Gasteiger partial charge in [0, 0.05) is 15.1 Å². The lowest BCUT2D eigenvalue weighted by Gasteiger charge is -2.28. The van der Waals surface area contributed by atoms with Crippen molar-refractivity contribution in [1.82, 2.24) is 20.2 Å². The van der Waals surface area contributed by atoms with Gasteiger partial charge in [0.25, 0.3) is 5.95 Å². The van der Waals surface area contributed by atoms with Gasteiger partial charge in [-0.05, 0) is 51.7 Å². The topological polar surface area (TPSA) is 82.3 Å². The molecule has 2 aromatic heterocycles. The zero-order chi connectivity index (χ0) is 15.0. The third-order valence-electron chi connectivity index (χ3n) is 3.24. The molecule has 0 bridgehead atoms. The van der Waals surface area contributed by atoms with Crippen molar-refractivity contribution in [1.29, 1.82) is 0 Å². The molecule has 1 aliphatic rings. The maximum absolute atomic E-state index is 12.4. The van der Waals surface area contributed by atoms with Crippen LogP contribution in [0, 0.1) is 5.92 Å². The number of nitrogens with zero attached hydrogens (tertiary/aromatic N) is 5. The van der Waals surface area contributed by atoms with Gasteiger partial charge < -0.3 is 4.74 Å². The van der Waals surface area contributed by atoms with E-state index < -0.39 is 5.92 Å². The minimum Gasteiger partial charge on any atom is -0.465 e. The van der Waals surface area contributed by atoms with Crippen LogP contribution in [0.3, 0.4) is 0 Å². The van der Waals surface area contributed by atoms with Crippen LogP contribution in [0.4, 0.5) is 5.95 Å². The normalized spacial score (nSPS) is 20.8. The Morgan fingerprint density at radius 3 is 3.05 bits per heavy atom. The Morgan fingerprint density at radius 1 is 1.57 bits per heavy atom. The van der Waals surface area contributed by atoms with Gasteiger partial charge in [0.05, 0.1) is 6.61 Å². The minimum atomic E-state index is -0.532. The fraction of sp³-hybridized carbons (Fsp3) is 0.417. The first kappa shape index (κ1) is 14.3. The van der Waals surface area contributed by atoms with Crippen LogP contribution in [-0.4, -0.2) is 38.5 Å². The van der Waals surface area contributed by atoms with Crippen molar-refractivity contribution in [2.24, 2.45) is 10.9 Å². The van der Waals surface area contributed by atoms with Crippen LogP contribution in [0.25, 0.3) is 0 Å². The van der Waals surface area contributed by atoms with E-state index in [-0.39, 0.29) is 12.0 Å². The summed E-state index contributed by atoms with van der Waals surface area (Å²) in [4.78, 5) is 17.6. The highest BCUT2D eigenvalue weighted by atomic mass is 79.9. The highest BCUT2D eigenvalue weighted by molar-refractivity contribution is 9.10. The Kier molecular flexibility index (Phi) is 3.85. The van der Waals surface area contributed by atoms with Gasteiger partial charge in [-0.2, -0.15) is 0 Å². The van der Waals surface area contributed by atoms with E-state index in [4.69, 9.17) is 4.74 Å². The molecular weight excluding hydrogens is 358 g/mol. The molecule has 2 atom stereocenters. The third-order valence-corrected chi connectivity index (χ3v) is 5.18. The number of fused-ring (bicyclic) bond motifs is 1. The number of aliphatic imine (C=N–C) groups is 1. The molecule has 0 fully saturated rings. The second-order valence-electron chi connectivity index (χ2n) is 4.48. The Balaban J connectivity index is 2.13. The summed E-state index contributed by atoms with van der Waals surface area (Å²) in [6.45, 7) is 3.91. The van der Waals surface area contributed by atoms with Gasteiger partial charge in [0.1, 0.15) is 12.0 Å². The van der Waals surface area contributed by atoms with E-state index in [1.807, 2.05) is 11.4 Å². The number of carbonyl (C=O) groups is 1. The van der Waals surface area contributed by atoms with Gasteiger partial charge in [-0.25, -0.2) is 9.67 Å². The van der Waals surface area contributed by atoms with Crippen molar-refractivity contribution in [2.45, 2.75) is 19.9 Å². The second-order valence-corrected chi connectivity index (χ2v) is 6.29. The largest absolute Gasteiger partial charge is 0.465 e. The lowest BCUT2D eigenvalue weighted by atomic mass is 9.92. The molecule has 2 aromatic rings. The average molecular weight is 370 g/mol. The predicted molar refractivity (Wildman–Crippen MR) is 80.9 cm³/mol. The number of esters is 1. The van der Waals surface area contributed by atoms with Crippen molar-refractivity contribution in [2.75, 3.05) is 6.61 Å². The first-order chi connectivity index (χ1) is 10.1. The summed E-state index contributed by atoms with van der Waals surface area (Å²) in [5, 5.41) is 13.5. The van der Waals surface area contributed by atoms with Crippen molar-refractivity contribution in [3.63, 3.8) is 0 Å². The lowest BCUT2D eigenvalue weighted by Crippen LogP contribution is -2.36. The quantitative estimate of drug-likeness (QED) is 0.775. The van der Waals surface area contributed by atoms with E-state index in [0.717, 1.165) is 9.35 Å². The summed E-state index contributed by atoms with van der Waals surface area (Å²) in [5.41, 5.74) is 0.654. The molecule has 0 amide bonds. The second kappa shape index (κ2) is 5.64. The molecule has 0 radical (unpaired) electrons. The number of halogens is 1. The Bertz CT molecular complexity index is 710. The molecule has 21 heavy (non-hydrogen) atoms. The van der Waals surface area contributed by atoms with Gasteiger partial charge in [-0.1, -0.05) is 5.10 Å². The van der Waals surface area contributed by atoms with E-state index in [9.17, 15) is 4.79 Å². The number of aromatic nitrogens is 4. The molecular formula is C12H12BrN5O2S. The van der Waals surface area contributed by atoms with Crippen molar-refractivity contribution in [3.05, 3.63) is 20.8 Å². The summed E-state index contributed by atoms with van der Waals surface area (Å²) in [6.07, 6.45) is 0. The average Bonchev–Trinajstić information content (AvgIpc) is 3.06. The molecule has 3 rings (SSSR count). The lowest BCUT2D eigenvalue weighted by molar-refractivity contribution is -0.146. The van der Waals surface area contributed by atoms with Crippen LogP contribution in [0.15, 0.2) is 20.9 Å². The zero-order valence-corrected chi connectivity index (χ0v) is 13.8. The molecule has 7 nitrogen and oxygen atoms in total. The molecule has 3 heterocycles. The molecule has 0 aliphatic carbocycles. The molecule has 1 aliphatic heterocycles. The van der Waals surface area contributed by atoms with Crippen LogP contribution < -0.4 is 0 Å². The summed E-state index contributed by atoms with van der Waals surface area (Å²) in [7, 11) is 0. The fourth-order valence-electron chi connectivity index (χ4n) is 2.35. The molecule has 2 unspecified atom stereocenters. The monoisotopic (exact) mass is 369 g/mol. The molecule has 0 aromatic carbocycles. The number of hydrogen-bond donors (Lipinski definition) is 0. The number of thiophene rings is 1. The first-order valence-corrected chi connectivity index (χ1v) is 8.03. The summed E-state index contributed by atoms with van der Waals surface area (Å²) in [6, 6.07) is 1.59. The van der Waals surface area contributed by atoms with Crippen molar-refractivity contribution < 1.29 is 9.53 Å². The van der Waals surface area contributed by atoms with E-state index in [2.05, 4.69) is 36.4 Å². The van der Waals surface area contributed by atoms with E-state index in [1.54, 1.807) is 18.5 Å². The molecule has 0 saturated heterocycles. The van der Waals surface area contributed by atoms with Crippen LogP contribution in [0.5, 0.6) is 0 Å². The van der Waals surface area contributed by atoms with Gasteiger partial charge in [-0.3, -0.25) is 4.79 Å². The van der Waals surface area contributed by atoms with Crippen LogP contribution in [0.2, 0.25) is 0 Å². The SMILES string of the molecule is CCOC(=O)C1C(C)=Nc2nnnn2C1c1sccc1Br. The highest BCUT2D eigenvalue weighted by Gasteiger charge is 2.41. The summed E-state index contributed by atoms with van der Waals surface area (Å²) >= 11 is 5.05. The number of hydrogen-bond acceptors (Lipinski definition) is 7. The highest BCUT2D eigenvalue weighted by Crippen LogP contribution is 2.40. The maximum atomic E-state index is 12.4. The Hall–Kier alpha value is -1.61. The molecule has 0 spiro atoms. The van der Waals surface area contributed by atoms with Crippen molar-refractivity contribution in [3.8, 4) is 0 Å². The Labute approximate surface area is 133 Å². The first-order valence-electron chi connectivity index (χ1n) is 6.36. The number of ether oxygens (including phenoxy) is 1. The smallest absolute Gasteiger partial charge is 0.317 e. The van der Waals surface area contributed by atoms with E-state index in [0.29, 0.717) is 18.3 Å². The van der Waals surface area contributed by atoms with E-state index >= 15 is 0 Å². The fourth-order valence-corrected chi connectivity index (χ4v) is 4.08. The predicted octanol–water partition coefficient (Wildman–Crippen LogP) is 2.37. The molecule has 110 valence electrons. The minimum absolute atomic E-state index is 0.315. The standard InChI is InChI=1S/C12H12BrN5O2S/c1-3-20-11(19)8-6(2)14-12-15-16-17-18(12)9(8)10-7(13)4-5-21-10/h4-5,8-9H,3H2,1-2H3. The zero-order valence-electron chi connectivity index (χ0n) is 11.4. The number of carbonyl (C=O) groups excluding carboxylic acids is 1. The van der Waals surface area contributed by atoms with Crippen LogP contribution >= 0.6 is 27.3 Å². The van der Waals surface area contributed by atoms with Crippen LogP contribution in [-0.2, 0) is 9.53 Å². The maximum Gasteiger partial charge on any atom is 0.317 e. The Morgan fingerprint density at radius 2 is 2.38 bits per heavy atom. The molecule has 0 N–H and O–H groups in total. The van der Waals surface area contributed by atoms with Gasteiger partial charge in [0.2, 0.25) is 0 Å². The summed E-state index contributed by atoms with van der Waals surface area (Å²) < 4.78 is 7.69. The molecule has 9 heteroatoms. The number of rotatable bonds is 3. The van der Waals surface area contributed by atoms with Crippen molar-refractivity contribution >= 4 is 44.9 Å². The van der Waals surface area contributed by atoms with Crippen LogP contribution in [0.1, 0.15) is 24.8 Å². The van der Waals surface area contributed by atoms with Gasteiger partial charge >= 0.3 is 5.97 Å². The van der Waals surface area contributed by atoms with Gasteiger partial charge in [-0.15, -0.1) is 11.3 Å². The van der Waals surface area contributed by atoms with Gasteiger partial charge in [0.15, 0.2) is 0 Å². The number of tetrazole rings is 1.